The minimum Gasteiger partial charge on any atom is -0.334 e. The van der Waals surface area contributed by atoms with Gasteiger partial charge in [-0.25, -0.2) is 0 Å². The number of anilines is 2. The standard InChI is InChI=1S/C18H27N3O3/c1-4-6-12-21(13-7-5-2)18(24)17(23)20-16-10-8-15(9-11-16)19-14(3)22/h8-11H,4-7,12-13H2,1-3H3,(H,19,22)(H,20,23). The van der Waals surface area contributed by atoms with Gasteiger partial charge in [0, 0.05) is 31.4 Å². The largest absolute Gasteiger partial charge is 0.334 e. The van der Waals surface area contributed by atoms with Crippen LogP contribution in [-0.2, 0) is 14.4 Å². The quantitative estimate of drug-likeness (QED) is 0.718. The lowest BCUT2D eigenvalue weighted by molar-refractivity contribution is -0.143. The molecule has 0 unspecified atom stereocenters. The molecule has 0 aliphatic heterocycles. The second-order valence-electron chi connectivity index (χ2n) is 5.71. The zero-order chi connectivity index (χ0) is 17.9. The number of unbranched alkanes of at least 4 members (excludes halogenated alkanes) is 2. The number of carbonyl (C=O) groups is 3. The van der Waals surface area contributed by atoms with Crippen LogP contribution in [0.1, 0.15) is 46.5 Å². The lowest BCUT2D eigenvalue weighted by Gasteiger charge is -2.21. The van der Waals surface area contributed by atoms with Crippen molar-refractivity contribution in [3.8, 4) is 0 Å². The minimum atomic E-state index is -0.630. The molecule has 6 nitrogen and oxygen atoms in total. The third-order valence-corrected chi connectivity index (χ3v) is 3.51. The summed E-state index contributed by atoms with van der Waals surface area (Å²) in [5.41, 5.74) is 1.16. The van der Waals surface area contributed by atoms with E-state index in [-0.39, 0.29) is 5.91 Å². The second kappa shape index (κ2) is 10.4. The number of hydrogen-bond donors (Lipinski definition) is 2. The number of hydrogen-bond acceptors (Lipinski definition) is 3. The van der Waals surface area contributed by atoms with Crippen LogP contribution in [0.5, 0.6) is 0 Å². The predicted molar refractivity (Wildman–Crippen MR) is 95.8 cm³/mol. The number of carbonyl (C=O) groups excluding carboxylic acids is 3. The molecule has 0 radical (unpaired) electrons. The van der Waals surface area contributed by atoms with E-state index in [0.717, 1.165) is 25.7 Å². The molecule has 0 aliphatic rings. The van der Waals surface area contributed by atoms with Crippen molar-refractivity contribution in [2.24, 2.45) is 0 Å². The number of nitrogens with zero attached hydrogens (tertiary/aromatic N) is 1. The molecule has 132 valence electrons. The van der Waals surface area contributed by atoms with E-state index >= 15 is 0 Å². The topological polar surface area (TPSA) is 78.5 Å². The molecule has 1 aromatic carbocycles. The van der Waals surface area contributed by atoms with Crippen LogP contribution in [0.3, 0.4) is 0 Å². The van der Waals surface area contributed by atoms with Crippen LogP contribution in [0.25, 0.3) is 0 Å². The average molecular weight is 333 g/mol. The molecule has 0 fully saturated rings. The molecule has 0 aliphatic carbocycles. The van der Waals surface area contributed by atoms with Gasteiger partial charge in [0.25, 0.3) is 0 Å². The summed E-state index contributed by atoms with van der Waals surface area (Å²) in [5, 5.41) is 5.26. The Morgan fingerprint density at radius 3 is 1.75 bits per heavy atom. The Bertz CT molecular complexity index is 547. The van der Waals surface area contributed by atoms with Crippen molar-refractivity contribution < 1.29 is 14.4 Å². The molecule has 1 aromatic rings. The molecule has 24 heavy (non-hydrogen) atoms. The summed E-state index contributed by atoms with van der Waals surface area (Å²) in [4.78, 5) is 37.1. The third kappa shape index (κ3) is 6.81. The van der Waals surface area contributed by atoms with E-state index in [1.807, 2.05) is 0 Å². The summed E-state index contributed by atoms with van der Waals surface area (Å²) in [5.74, 6) is -1.29. The van der Waals surface area contributed by atoms with E-state index < -0.39 is 11.8 Å². The van der Waals surface area contributed by atoms with Crippen molar-refractivity contribution in [3.05, 3.63) is 24.3 Å². The highest BCUT2D eigenvalue weighted by molar-refractivity contribution is 6.39. The number of nitrogens with one attached hydrogen (secondary N) is 2. The molecular weight excluding hydrogens is 306 g/mol. The van der Waals surface area contributed by atoms with Gasteiger partial charge in [-0.2, -0.15) is 0 Å². The molecular formula is C18H27N3O3. The van der Waals surface area contributed by atoms with Crippen LogP contribution < -0.4 is 10.6 Å². The van der Waals surface area contributed by atoms with Gasteiger partial charge in [0.05, 0.1) is 0 Å². The van der Waals surface area contributed by atoms with Crippen molar-refractivity contribution in [2.75, 3.05) is 23.7 Å². The lowest BCUT2D eigenvalue weighted by Crippen LogP contribution is -2.40. The highest BCUT2D eigenvalue weighted by atomic mass is 16.2. The smallest absolute Gasteiger partial charge is 0.313 e. The molecule has 0 atom stereocenters. The third-order valence-electron chi connectivity index (χ3n) is 3.51. The molecule has 0 spiro atoms. The van der Waals surface area contributed by atoms with Gasteiger partial charge in [0.1, 0.15) is 0 Å². The van der Waals surface area contributed by atoms with Crippen LogP contribution in [0.15, 0.2) is 24.3 Å². The van der Waals surface area contributed by atoms with Gasteiger partial charge in [-0.1, -0.05) is 26.7 Å². The molecule has 1 rings (SSSR count). The van der Waals surface area contributed by atoms with Gasteiger partial charge in [0.2, 0.25) is 5.91 Å². The summed E-state index contributed by atoms with van der Waals surface area (Å²) >= 11 is 0. The fourth-order valence-electron chi connectivity index (χ4n) is 2.18. The first-order valence-corrected chi connectivity index (χ1v) is 8.45. The molecule has 0 aromatic heterocycles. The van der Waals surface area contributed by atoms with Gasteiger partial charge >= 0.3 is 11.8 Å². The Morgan fingerprint density at radius 2 is 1.33 bits per heavy atom. The highest BCUT2D eigenvalue weighted by Crippen LogP contribution is 2.13. The second-order valence-corrected chi connectivity index (χ2v) is 5.71. The van der Waals surface area contributed by atoms with Gasteiger partial charge in [0.15, 0.2) is 0 Å². The van der Waals surface area contributed by atoms with E-state index in [1.165, 1.54) is 6.92 Å². The number of rotatable bonds is 8. The van der Waals surface area contributed by atoms with Gasteiger partial charge < -0.3 is 15.5 Å². The summed E-state index contributed by atoms with van der Waals surface area (Å²) in [6.45, 7) is 6.74. The molecule has 6 heteroatoms. The minimum absolute atomic E-state index is 0.163. The van der Waals surface area contributed by atoms with Crippen molar-refractivity contribution in [1.82, 2.24) is 4.90 Å². The first-order chi connectivity index (χ1) is 11.5. The summed E-state index contributed by atoms with van der Waals surface area (Å²) < 4.78 is 0. The van der Waals surface area contributed by atoms with Crippen LogP contribution in [0, 0.1) is 0 Å². The van der Waals surface area contributed by atoms with Crippen molar-refractivity contribution in [3.63, 3.8) is 0 Å². The fourth-order valence-corrected chi connectivity index (χ4v) is 2.18. The van der Waals surface area contributed by atoms with Crippen LogP contribution in [0.4, 0.5) is 11.4 Å². The summed E-state index contributed by atoms with van der Waals surface area (Å²) in [7, 11) is 0. The fraction of sp³-hybridized carbons (Fsp3) is 0.500. The molecule has 2 N–H and O–H groups in total. The Labute approximate surface area is 143 Å². The first kappa shape index (κ1) is 19.7. The normalized spacial score (nSPS) is 10.1. The maximum Gasteiger partial charge on any atom is 0.313 e. The summed E-state index contributed by atoms with van der Waals surface area (Å²) in [6.07, 6.45) is 3.71. The van der Waals surface area contributed by atoms with Crippen molar-refractivity contribution in [1.29, 1.82) is 0 Å². The maximum atomic E-state index is 12.3. The Hall–Kier alpha value is -2.37. The maximum absolute atomic E-state index is 12.3. The zero-order valence-electron chi connectivity index (χ0n) is 14.7. The Kier molecular flexibility index (Phi) is 8.54. The van der Waals surface area contributed by atoms with Crippen molar-refractivity contribution >= 4 is 29.1 Å². The molecule has 0 saturated carbocycles. The van der Waals surface area contributed by atoms with E-state index in [4.69, 9.17) is 0 Å². The molecule has 0 heterocycles. The Balaban J connectivity index is 2.65. The summed E-state index contributed by atoms with van der Waals surface area (Å²) in [6, 6.07) is 6.65. The van der Waals surface area contributed by atoms with E-state index in [9.17, 15) is 14.4 Å². The average Bonchev–Trinajstić information content (AvgIpc) is 2.55. The van der Waals surface area contributed by atoms with Gasteiger partial charge in [-0.15, -0.1) is 0 Å². The molecule has 3 amide bonds. The first-order valence-electron chi connectivity index (χ1n) is 8.45. The van der Waals surface area contributed by atoms with E-state index in [0.29, 0.717) is 24.5 Å². The molecule has 0 saturated heterocycles. The van der Waals surface area contributed by atoms with Crippen LogP contribution in [0.2, 0.25) is 0 Å². The van der Waals surface area contributed by atoms with Gasteiger partial charge in [-0.05, 0) is 37.1 Å². The van der Waals surface area contributed by atoms with Crippen molar-refractivity contribution in [2.45, 2.75) is 46.5 Å². The lowest BCUT2D eigenvalue weighted by atomic mass is 10.2. The highest BCUT2D eigenvalue weighted by Gasteiger charge is 2.21. The monoisotopic (exact) mass is 333 g/mol. The SMILES string of the molecule is CCCCN(CCCC)C(=O)C(=O)Nc1ccc(NC(C)=O)cc1. The Morgan fingerprint density at radius 1 is 0.875 bits per heavy atom. The van der Waals surface area contributed by atoms with Crippen LogP contribution >= 0.6 is 0 Å². The number of benzene rings is 1. The number of amides is 3. The van der Waals surface area contributed by atoms with Gasteiger partial charge in [-0.3, -0.25) is 14.4 Å². The molecule has 0 bridgehead atoms. The van der Waals surface area contributed by atoms with E-state index in [1.54, 1.807) is 29.2 Å². The zero-order valence-corrected chi connectivity index (χ0v) is 14.7. The van der Waals surface area contributed by atoms with E-state index in [2.05, 4.69) is 24.5 Å². The predicted octanol–water partition coefficient (Wildman–Crippen LogP) is 3.01. The van der Waals surface area contributed by atoms with Crippen LogP contribution in [-0.4, -0.2) is 35.7 Å².